The molecular formula is C11H5Br2ClF2N2. The van der Waals surface area contributed by atoms with E-state index >= 15 is 0 Å². The maximum atomic E-state index is 13.6. The Labute approximate surface area is 124 Å². The number of nitrogens with zero attached hydrogens (tertiary/aromatic N) is 1. The van der Waals surface area contributed by atoms with Gasteiger partial charge in [0, 0.05) is 10.7 Å². The van der Waals surface area contributed by atoms with Crippen molar-refractivity contribution < 1.29 is 8.78 Å². The van der Waals surface area contributed by atoms with E-state index in [-0.39, 0.29) is 11.5 Å². The molecule has 2 aromatic rings. The standard InChI is InChI=1S/C11H5Br2ClF2N2/c12-5-1-8(15)10(9(16)2-5)18-11-7(13)3-6(14)4-17-11/h1-4H,(H,17,18). The van der Waals surface area contributed by atoms with Crippen molar-refractivity contribution in [2.75, 3.05) is 5.32 Å². The molecule has 0 saturated heterocycles. The van der Waals surface area contributed by atoms with Crippen LogP contribution in [0.5, 0.6) is 0 Å². The summed E-state index contributed by atoms with van der Waals surface area (Å²) < 4.78 is 28.0. The molecule has 18 heavy (non-hydrogen) atoms. The van der Waals surface area contributed by atoms with Gasteiger partial charge in [-0.15, -0.1) is 0 Å². The molecule has 0 radical (unpaired) electrons. The molecule has 0 aliphatic heterocycles. The third-order valence-electron chi connectivity index (χ3n) is 2.06. The van der Waals surface area contributed by atoms with Crippen LogP contribution in [0.2, 0.25) is 5.02 Å². The van der Waals surface area contributed by atoms with Gasteiger partial charge in [0.05, 0.1) is 9.50 Å². The van der Waals surface area contributed by atoms with Crippen LogP contribution in [0.3, 0.4) is 0 Å². The number of anilines is 2. The molecule has 1 aromatic carbocycles. The predicted molar refractivity (Wildman–Crippen MR) is 74.3 cm³/mol. The first-order valence-electron chi connectivity index (χ1n) is 4.70. The fourth-order valence-corrected chi connectivity index (χ4v) is 2.43. The van der Waals surface area contributed by atoms with Crippen LogP contribution in [0.1, 0.15) is 0 Å². The minimum Gasteiger partial charge on any atom is -0.334 e. The minimum absolute atomic E-state index is 0.270. The molecule has 94 valence electrons. The minimum atomic E-state index is -0.717. The molecule has 0 aliphatic carbocycles. The van der Waals surface area contributed by atoms with E-state index in [0.717, 1.165) is 12.1 Å². The molecule has 0 spiro atoms. The molecule has 0 amide bonds. The Hall–Kier alpha value is -0.720. The second kappa shape index (κ2) is 5.50. The normalized spacial score (nSPS) is 10.5. The fourth-order valence-electron chi connectivity index (χ4n) is 1.29. The number of nitrogens with one attached hydrogen (secondary N) is 1. The summed E-state index contributed by atoms with van der Waals surface area (Å²) in [5.41, 5.74) is -0.270. The lowest BCUT2D eigenvalue weighted by Crippen LogP contribution is -2.00. The number of pyridine rings is 1. The van der Waals surface area contributed by atoms with Gasteiger partial charge in [-0.1, -0.05) is 27.5 Å². The second-order valence-electron chi connectivity index (χ2n) is 3.35. The van der Waals surface area contributed by atoms with Crippen LogP contribution in [0.15, 0.2) is 33.3 Å². The lowest BCUT2D eigenvalue weighted by molar-refractivity contribution is 0.589. The molecule has 1 N–H and O–H groups in total. The van der Waals surface area contributed by atoms with Gasteiger partial charge in [0.2, 0.25) is 0 Å². The predicted octanol–water partition coefficient (Wildman–Crippen LogP) is 5.28. The van der Waals surface area contributed by atoms with Crippen molar-refractivity contribution in [1.29, 1.82) is 0 Å². The van der Waals surface area contributed by atoms with Crippen LogP contribution < -0.4 is 5.32 Å². The number of benzene rings is 1. The van der Waals surface area contributed by atoms with Gasteiger partial charge in [0.15, 0.2) is 11.6 Å². The molecule has 0 aliphatic rings. The van der Waals surface area contributed by atoms with Crippen molar-refractivity contribution in [2.45, 2.75) is 0 Å². The van der Waals surface area contributed by atoms with Crippen LogP contribution in [0.25, 0.3) is 0 Å². The number of hydrogen-bond donors (Lipinski definition) is 1. The fraction of sp³-hybridized carbons (Fsp3) is 0. The molecule has 0 saturated carbocycles. The summed E-state index contributed by atoms with van der Waals surface area (Å²) in [5.74, 6) is -1.16. The van der Waals surface area contributed by atoms with Gasteiger partial charge < -0.3 is 5.32 Å². The number of rotatable bonds is 2. The molecule has 0 bridgehead atoms. The van der Waals surface area contributed by atoms with Crippen LogP contribution in [0.4, 0.5) is 20.3 Å². The van der Waals surface area contributed by atoms with Gasteiger partial charge in [0.1, 0.15) is 11.5 Å². The Morgan fingerprint density at radius 1 is 1.11 bits per heavy atom. The van der Waals surface area contributed by atoms with Crippen molar-refractivity contribution in [3.05, 3.63) is 50.0 Å². The molecular weight excluding hydrogens is 393 g/mol. The Kier molecular flexibility index (Phi) is 4.19. The molecule has 2 nitrogen and oxygen atoms in total. The maximum absolute atomic E-state index is 13.6. The van der Waals surface area contributed by atoms with Crippen molar-refractivity contribution in [1.82, 2.24) is 4.98 Å². The highest BCUT2D eigenvalue weighted by molar-refractivity contribution is 9.10. The van der Waals surface area contributed by atoms with E-state index in [2.05, 4.69) is 42.2 Å². The Morgan fingerprint density at radius 2 is 1.72 bits per heavy atom. The summed E-state index contributed by atoms with van der Waals surface area (Å²) in [6.07, 6.45) is 1.38. The zero-order valence-corrected chi connectivity index (χ0v) is 12.6. The van der Waals surface area contributed by atoms with Gasteiger partial charge in [-0.05, 0) is 34.1 Å². The summed E-state index contributed by atoms with van der Waals surface area (Å²) in [6, 6.07) is 3.90. The summed E-state index contributed by atoms with van der Waals surface area (Å²) in [6.45, 7) is 0. The summed E-state index contributed by atoms with van der Waals surface area (Å²) in [7, 11) is 0. The van der Waals surface area contributed by atoms with Crippen molar-refractivity contribution in [2.24, 2.45) is 0 Å². The lowest BCUT2D eigenvalue weighted by Gasteiger charge is -2.10. The second-order valence-corrected chi connectivity index (χ2v) is 5.56. The number of hydrogen-bond acceptors (Lipinski definition) is 2. The zero-order chi connectivity index (χ0) is 13.3. The molecule has 1 heterocycles. The first kappa shape index (κ1) is 13.7. The zero-order valence-electron chi connectivity index (χ0n) is 8.65. The largest absolute Gasteiger partial charge is 0.334 e. The third-order valence-corrected chi connectivity index (χ3v) is 3.33. The van der Waals surface area contributed by atoms with Gasteiger partial charge >= 0.3 is 0 Å². The van der Waals surface area contributed by atoms with E-state index in [0.29, 0.717) is 14.0 Å². The van der Waals surface area contributed by atoms with Crippen molar-refractivity contribution >= 4 is 55.0 Å². The average molecular weight is 398 g/mol. The van der Waals surface area contributed by atoms with Gasteiger partial charge in [-0.3, -0.25) is 0 Å². The molecule has 1 aromatic heterocycles. The molecule has 7 heteroatoms. The third kappa shape index (κ3) is 2.99. The summed E-state index contributed by atoms with van der Waals surface area (Å²) >= 11 is 11.9. The van der Waals surface area contributed by atoms with E-state index in [4.69, 9.17) is 11.6 Å². The number of aromatic nitrogens is 1. The molecule has 0 unspecified atom stereocenters. The van der Waals surface area contributed by atoms with Crippen molar-refractivity contribution in [3.63, 3.8) is 0 Å². The summed E-state index contributed by atoms with van der Waals surface area (Å²) in [5, 5.41) is 3.00. The molecule has 2 rings (SSSR count). The van der Waals surface area contributed by atoms with E-state index in [1.54, 1.807) is 6.07 Å². The van der Waals surface area contributed by atoms with Crippen LogP contribution in [0, 0.1) is 11.6 Å². The highest BCUT2D eigenvalue weighted by atomic mass is 79.9. The van der Waals surface area contributed by atoms with Crippen LogP contribution in [-0.2, 0) is 0 Å². The van der Waals surface area contributed by atoms with Gasteiger partial charge in [-0.25, -0.2) is 13.8 Å². The van der Waals surface area contributed by atoms with Gasteiger partial charge in [-0.2, -0.15) is 0 Å². The van der Waals surface area contributed by atoms with Crippen LogP contribution >= 0.6 is 43.5 Å². The smallest absolute Gasteiger partial charge is 0.150 e. The van der Waals surface area contributed by atoms with Crippen LogP contribution in [-0.4, -0.2) is 4.98 Å². The topological polar surface area (TPSA) is 24.9 Å². The van der Waals surface area contributed by atoms with E-state index in [1.165, 1.54) is 6.20 Å². The Bertz CT molecular complexity index is 585. The lowest BCUT2D eigenvalue weighted by atomic mass is 10.3. The first-order chi connectivity index (χ1) is 8.47. The van der Waals surface area contributed by atoms with E-state index < -0.39 is 11.6 Å². The molecule has 0 fully saturated rings. The highest BCUT2D eigenvalue weighted by Gasteiger charge is 2.12. The Balaban J connectivity index is 2.40. The maximum Gasteiger partial charge on any atom is 0.150 e. The number of halogens is 5. The van der Waals surface area contributed by atoms with Gasteiger partial charge in [0.25, 0.3) is 0 Å². The summed E-state index contributed by atoms with van der Waals surface area (Å²) in [4.78, 5) is 3.94. The van der Waals surface area contributed by atoms with E-state index in [1.807, 2.05) is 0 Å². The average Bonchev–Trinajstić information content (AvgIpc) is 2.25. The monoisotopic (exact) mass is 396 g/mol. The molecule has 0 atom stereocenters. The quantitative estimate of drug-likeness (QED) is 0.744. The first-order valence-corrected chi connectivity index (χ1v) is 6.66. The Morgan fingerprint density at radius 3 is 2.28 bits per heavy atom. The SMILES string of the molecule is Fc1cc(Br)cc(F)c1Nc1ncc(Cl)cc1Br. The van der Waals surface area contributed by atoms with Crippen molar-refractivity contribution in [3.8, 4) is 0 Å². The highest BCUT2D eigenvalue weighted by Crippen LogP contribution is 2.30. The van der Waals surface area contributed by atoms with E-state index in [9.17, 15) is 8.78 Å².